The molecule has 6 heteroatoms. The summed E-state index contributed by atoms with van der Waals surface area (Å²) in [6, 6.07) is 22.6. The van der Waals surface area contributed by atoms with E-state index in [1.807, 2.05) is 54.6 Å². The Bertz CT molecular complexity index is 1160. The number of nitrogens with zero attached hydrogens (tertiary/aromatic N) is 1. The van der Waals surface area contributed by atoms with Crippen molar-refractivity contribution in [1.82, 2.24) is 10.2 Å². The van der Waals surface area contributed by atoms with Gasteiger partial charge in [0.15, 0.2) is 6.61 Å². The van der Waals surface area contributed by atoms with Gasteiger partial charge in [-0.1, -0.05) is 88.7 Å². The molecule has 0 saturated carbocycles. The third-order valence-corrected chi connectivity index (χ3v) is 6.45. The van der Waals surface area contributed by atoms with Gasteiger partial charge >= 0.3 is 0 Å². The SMILES string of the molecule is CCCCNC(=O)[C@@H](Cc1ccccc1)N(Cc1ccc(F)cc1)C(=O)COc1ccc(C(C)(C)C)cc1. The van der Waals surface area contributed by atoms with Crippen LogP contribution in [0.15, 0.2) is 78.9 Å². The smallest absolute Gasteiger partial charge is 0.261 e. The first-order chi connectivity index (χ1) is 18.2. The monoisotopic (exact) mass is 518 g/mol. The molecule has 0 aliphatic carbocycles. The van der Waals surface area contributed by atoms with Crippen LogP contribution >= 0.6 is 0 Å². The summed E-state index contributed by atoms with van der Waals surface area (Å²) >= 11 is 0. The molecule has 0 bridgehead atoms. The lowest BCUT2D eigenvalue weighted by Crippen LogP contribution is -2.51. The van der Waals surface area contributed by atoms with Gasteiger partial charge in [-0.15, -0.1) is 0 Å². The van der Waals surface area contributed by atoms with E-state index in [9.17, 15) is 14.0 Å². The van der Waals surface area contributed by atoms with Gasteiger partial charge in [-0.2, -0.15) is 0 Å². The highest BCUT2D eigenvalue weighted by atomic mass is 19.1. The van der Waals surface area contributed by atoms with E-state index in [0.29, 0.717) is 18.7 Å². The molecule has 0 aliphatic heterocycles. The minimum atomic E-state index is -0.751. The second-order valence-electron chi connectivity index (χ2n) is 10.6. The molecule has 3 rings (SSSR count). The highest BCUT2D eigenvalue weighted by molar-refractivity contribution is 5.88. The Hall–Kier alpha value is -3.67. The van der Waals surface area contributed by atoms with E-state index in [1.165, 1.54) is 17.7 Å². The van der Waals surface area contributed by atoms with Gasteiger partial charge < -0.3 is 15.0 Å². The molecule has 0 fully saturated rings. The van der Waals surface area contributed by atoms with Gasteiger partial charge in [-0.25, -0.2) is 4.39 Å². The van der Waals surface area contributed by atoms with Gasteiger partial charge in [0.1, 0.15) is 17.6 Å². The molecule has 3 aromatic carbocycles. The Morgan fingerprint density at radius 1 is 0.921 bits per heavy atom. The highest BCUT2D eigenvalue weighted by Gasteiger charge is 2.30. The Balaban J connectivity index is 1.85. The molecule has 5 nitrogen and oxygen atoms in total. The Morgan fingerprint density at radius 3 is 2.18 bits per heavy atom. The first kappa shape index (κ1) is 28.9. The maximum atomic E-state index is 13.6. The highest BCUT2D eigenvalue weighted by Crippen LogP contribution is 2.24. The molecule has 202 valence electrons. The van der Waals surface area contributed by atoms with E-state index in [2.05, 4.69) is 33.0 Å². The number of rotatable bonds is 12. The topological polar surface area (TPSA) is 58.6 Å². The average molecular weight is 519 g/mol. The molecule has 1 N–H and O–H groups in total. The van der Waals surface area contributed by atoms with Crippen molar-refractivity contribution in [2.75, 3.05) is 13.2 Å². The number of carbonyl (C=O) groups is 2. The molecular weight excluding hydrogens is 479 g/mol. The Kier molecular flexibility index (Phi) is 10.5. The van der Waals surface area contributed by atoms with E-state index in [-0.39, 0.29) is 36.2 Å². The molecule has 0 aromatic heterocycles. The van der Waals surface area contributed by atoms with Crippen molar-refractivity contribution in [2.45, 2.75) is 65.0 Å². The van der Waals surface area contributed by atoms with Crippen molar-refractivity contribution in [3.8, 4) is 5.75 Å². The number of halogens is 1. The number of unbranched alkanes of at least 4 members (excludes halogenated alkanes) is 1. The Labute approximate surface area is 226 Å². The van der Waals surface area contributed by atoms with Gasteiger partial charge in [0.25, 0.3) is 5.91 Å². The van der Waals surface area contributed by atoms with Crippen molar-refractivity contribution in [3.05, 3.63) is 101 Å². The van der Waals surface area contributed by atoms with Crippen molar-refractivity contribution >= 4 is 11.8 Å². The number of ether oxygens (including phenoxy) is 1. The summed E-state index contributed by atoms with van der Waals surface area (Å²) in [5.74, 6) is -0.306. The lowest BCUT2D eigenvalue weighted by molar-refractivity contribution is -0.142. The first-order valence-electron chi connectivity index (χ1n) is 13.3. The standard InChI is InChI=1S/C32H39FN2O3/c1-5-6-20-34-31(37)29(21-24-10-8-7-9-11-24)35(22-25-12-16-27(33)17-13-25)30(36)23-38-28-18-14-26(15-19-28)32(2,3)4/h7-19,29H,5-6,20-23H2,1-4H3,(H,34,37)/t29-/m1/s1. The fourth-order valence-corrected chi connectivity index (χ4v) is 4.13. The minimum absolute atomic E-state index is 0.0100. The van der Waals surface area contributed by atoms with Crippen LogP contribution < -0.4 is 10.1 Å². The van der Waals surface area contributed by atoms with Gasteiger partial charge in [0.05, 0.1) is 0 Å². The summed E-state index contributed by atoms with van der Waals surface area (Å²) in [5, 5.41) is 2.99. The predicted molar refractivity (Wildman–Crippen MR) is 149 cm³/mol. The lowest BCUT2D eigenvalue weighted by Gasteiger charge is -2.31. The molecule has 1 atom stereocenters. The number of hydrogen-bond acceptors (Lipinski definition) is 3. The van der Waals surface area contributed by atoms with E-state index in [4.69, 9.17) is 4.74 Å². The second kappa shape index (κ2) is 13.8. The Morgan fingerprint density at radius 2 is 1.58 bits per heavy atom. The summed E-state index contributed by atoms with van der Waals surface area (Å²) in [6.07, 6.45) is 2.15. The summed E-state index contributed by atoms with van der Waals surface area (Å²) in [5.41, 5.74) is 2.85. The maximum absolute atomic E-state index is 13.6. The third-order valence-electron chi connectivity index (χ3n) is 6.45. The summed E-state index contributed by atoms with van der Waals surface area (Å²) in [7, 11) is 0. The van der Waals surface area contributed by atoms with Crippen LogP contribution in [0.25, 0.3) is 0 Å². The van der Waals surface area contributed by atoms with Crippen LogP contribution in [0.1, 0.15) is 57.2 Å². The average Bonchev–Trinajstić information content (AvgIpc) is 2.90. The quantitative estimate of drug-likeness (QED) is 0.297. The lowest BCUT2D eigenvalue weighted by atomic mass is 9.87. The van der Waals surface area contributed by atoms with Crippen LogP contribution in [0.2, 0.25) is 0 Å². The minimum Gasteiger partial charge on any atom is -0.484 e. The molecule has 0 unspecified atom stereocenters. The van der Waals surface area contributed by atoms with Crippen molar-refractivity contribution < 1.29 is 18.7 Å². The van der Waals surface area contributed by atoms with Crippen LogP contribution in [0.4, 0.5) is 4.39 Å². The zero-order chi connectivity index (χ0) is 27.5. The number of carbonyl (C=O) groups excluding carboxylic acids is 2. The molecule has 0 heterocycles. The van der Waals surface area contributed by atoms with Crippen LogP contribution in [-0.2, 0) is 28.0 Å². The maximum Gasteiger partial charge on any atom is 0.261 e. The fraction of sp³-hybridized carbons (Fsp3) is 0.375. The molecule has 38 heavy (non-hydrogen) atoms. The van der Waals surface area contributed by atoms with Gasteiger partial charge in [0, 0.05) is 19.5 Å². The van der Waals surface area contributed by atoms with Crippen molar-refractivity contribution in [2.24, 2.45) is 0 Å². The normalized spacial score (nSPS) is 12.0. The summed E-state index contributed by atoms with van der Waals surface area (Å²) in [4.78, 5) is 28.6. The molecule has 2 amide bonds. The number of amides is 2. The molecule has 0 spiro atoms. The molecule has 0 radical (unpaired) electrons. The van der Waals surface area contributed by atoms with E-state index >= 15 is 0 Å². The van der Waals surface area contributed by atoms with Crippen LogP contribution in [0.5, 0.6) is 5.75 Å². The molecular formula is C32H39FN2O3. The van der Waals surface area contributed by atoms with Crippen molar-refractivity contribution in [1.29, 1.82) is 0 Å². The number of benzene rings is 3. The molecule has 3 aromatic rings. The van der Waals surface area contributed by atoms with E-state index < -0.39 is 6.04 Å². The zero-order valence-corrected chi connectivity index (χ0v) is 22.9. The summed E-state index contributed by atoms with van der Waals surface area (Å²) < 4.78 is 19.4. The summed E-state index contributed by atoms with van der Waals surface area (Å²) in [6.45, 7) is 8.95. The number of nitrogens with one attached hydrogen (secondary N) is 1. The van der Waals surface area contributed by atoms with Crippen LogP contribution in [0, 0.1) is 5.82 Å². The first-order valence-corrected chi connectivity index (χ1v) is 13.3. The van der Waals surface area contributed by atoms with Crippen LogP contribution in [0.3, 0.4) is 0 Å². The number of hydrogen-bond donors (Lipinski definition) is 1. The zero-order valence-electron chi connectivity index (χ0n) is 22.9. The molecule has 0 saturated heterocycles. The van der Waals surface area contributed by atoms with E-state index in [0.717, 1.165) is 24.0 Å². The largest absolute Gasteiger partial charge is 0.484 e. The van der Waals surface area contributed by atoms with Gasteiger partial charge in [-0.05, 0) is 52.8 Å². The van der Waals surface area contributed by atoms with Gasteiger partial charge in [-0.3, -0.25) is 9.59 Å². The van der Waals surface area contributed by atoms with E-state index in [1.54, 1.807) is 17.0 Å². The van der Waals surface area contributed by atoms with Crippen molar-refractivity contribution in [3.63, 3.8) is 0 Å². The fourth-order valence-electron chi connectivity index (χ4n) is 4.13. The second-order valence-corrected chi connectivity index (χ2v) is 10.6. The molecule has 0 aliphatic rings. The predicted octanol–water partition coefficient (Wildman–Crippen LogP) is 6.06. The third kappa shape index (κ3) is 8.72. The van der Waals surface area contributed by atoms with Crippen LogP contribution in [-0.4, -0.2) is 35.9 Å². The van der Waals surface area contributed by atoms with Gasteiger partial charge in [0.2, 0.25) is 5.91 Å².